The van der Waals surface area contributed by atoms with Crippen LogP contribution < -0.4 is 4.90 Å². The molecule has 14 heavy (non-hydrogen) atoms. The minimum Gasteiger partial charge on any atom is -0.481 e. The summed E-state index contributed by atoms with van der Waals surface area (Å²) >= 11 is 0. The van der Waals surface area contributed by atoms with Gasteiger partial charge in [-0.3, -0.25) is 4.79 Å². The number of hydrogen-bond acceptors (Lipinski definition) is 3. The molecule has 0 unspecified atom stereocenters. The van der Waals surface area contributed by atoms with Gasteiger partial charge in [0.1, 0.15) is 5.82 Å². The number of anilines is 1. The third kappa shape index (κ3) is 1.55. The molecule has 0 bridgehead atoms. The van der Waals surface area contributed by atoms with Gasteiger partial charge in [0.25, 0.3) is 0 Å². The number of aromatic nitrogens is 1. The first-order valence-corrected chi connectivity index (χ1v) is 4.57. The van der Waals surface area contributed by atoms with Crippen LogP contribution in [0.25, 0.3) is 0 Å². The predicted molar refractivity (Wildman–Crippen MR) is 52.3 cm³/mol. The third-order valence-electron chi connectivity index (χ3n) is 2.45. The molecule has 2 heterocycles. The van der Waals surface area contributed by atoms with Gasteiger partial charge in [-0.25, -0.2) is 4.98 Å². The quantitative estimate of drug-likeness (QED) is 0.756. The maximum Gasteiger partial charge on any atom is 0.310 e. The summed E-state index contributed by atoms with van der Waals surface area (Å²) in [5, 5.41) is 8.69. The van der Waals surface area contributed by atoms with Crippen molar-refractivity contribution >= 4 is 11.8 Å². The molecule has 1 fully saturated rings. The smallest absolute Gasteiger partial charge is 0.310 e. The number of carboxylic acids is 1. The van der Waals surface area contributed by atoms with Gasteiger partial charge in [0.15, 0.2) is 0 Å². The van der Waals surface area contributed by atoms with Crippen LogP contribution in [0.4, 0.5) is 5.82 Å². The Balaban J connectivity index is 2.00. The van der Waals surface area contributed by atoms with Gasteiger partial charge in [0.05, 0.1) is 5.92 Å². The van der Waals surface area contributed by atoms with E-state index >= 15 is 0 Å². The largest absolute Gasteiger partial charge is 0.481 e. The van der Waals surface area contributed by atoms with Crippen molar-refractivity contribution in [1.29, 1.82) is 0 Å². The summed E-state index contributed by atoms with van der Waals surface area (Å²) < 4.78 is 0. The van der Waals surface area contributed by atoms with E-state index in [1.165, 1.54) is 0 Å². The molecule has 2 rings (SSSR count). The molecule has 0 saturated carbocycles. The van der Waals surface area contributed by atoms with E-state index in [1.807, 2.05) is 24.0 Å². The topological polar surface area (TPSA) is 53.4 Å². The zero-order valence-electron chi connectivity index (χ0n) is 7.97. The van der Waals surface area contributed by atoms with Gasteiger partial charge in [-0.15, -0.1) is 0 Å². The van der Waals surface area contributed by atoms with Crippen molar-refractivity contribution in [3.63, 3.8) is 0 Å². The SMILES string of the molecule is Cc1ccc(N2CC(C(=O)O)C2)nc1. The van der Waals surface area contributed by atoms with Crippen LogP contribution in [0.1, 0.15) is 5.56 Å². The first-order chi connectivity index (χ1) is 6.66. The van der Waals surface area contributed by atoms with Crippen LogP contribution in [-0.2, 0) is 4.79 Å². The van der Waals surface area contributed by atoms with Gasteiger partial charge in [-0.1, -0.05) is 6.07 Å². The lowest BCUT2D eigenvalue weighted by atomic mass is 10.0. The van der Waals surface area contributed by atoms with E-state index in [-0.39, 0.29) is 5.92 Å². The molecule has 0 atom stereocenters. The van der Waals surface area contributed by atoms with Gasteiger partial charge in [0, 0.05) is 19.3 Å². The summed E-state index contributed by atoms with van der Waals surface area (Å²) in [4.78, 5) is 16.8. The average molecular weight is 192 g/mol. The predicted octanol–water partition coefficient (Wildman–Crippen LogP) is 0.911. The van der Waals surface area contributed by atoms with Gasteiger partial charge in [-0.05, 0) is 18.6 Å². The van der Waals surface area contributed by atoms with Crippen molar-refractivity contribution in [1.82, 2.24) is 4.98 Å². The Labute approximate surface area is 82.2 Å². The van der Waals surface area contributed by atoms with Crippen molar-refractivity contribution in [3.8, 4) is 0 Å². The Hall–Kier alpha value is -1.58. The molecule has 74 valence electrons. The van der Waals surface area contributed by atoms with E-state index in [4.69, 9.17) is 5.11 Å². The average Bonchev–Trinajstić information content (AvgIpc) is 2.05. The normalized spacial score (nSPS) is 16.5. The van der Waals surface area contributed by atoms with Crippen LogP contribution in [0.2, 0.25) is 0 Å². The highest BCUT2D eigenvalue weighted by Gasteiger charge is 2.32. The Morgan fingerprint density at radius 1 is 1.57 bits per heavy atom. The van der Waals surface area contributed by atoms with Gasteiger partial charge in [0.2, 0.25) is 0 Å². The van der Waals surface area contributed by atoms with E-state index in [0.717, 1.165) is 11.4 Å². The van der Waals surface area contributed by atoms with E-state index in [2.05, 4.69) is 4.98 Å². The van der Waals surface area contributed by atoms with E-state index in [9.17, 15) is 4.79 Å². The second-order valence-electron chi connectivity index (χ2n) is 3.63. The molecule has 1 aliphatic rings. The summed E-state index contributed by atoms with van der Waals surface area (Å²) in [6.07, 6.45) is 1.80. The Morgan fingerprint density at radius 3 is 2.79 bits per heavy atom. The molecule has 4 nitrogen and oxygen atoms in total. The van der Waals surface area contributed by atoms with E-state index in [1.54, 1.807) is 6.20 Å². The van der Waals surface area contributed by atoms with Gasteiger partial charge < -0.3 is 10.0 Å². The number of pyridine rings is 1. The maximum absolute atomic E-state index is 10.6. The standard InChI is InChI=1S/C10H12N2O2/c1-7-2-3-9(11-4-7)12-5-8(6-12)10(13)14/h2-4,8H,5-6H2,1H3,(H,13,14). The number of rotatable bonds is 2. The van der Waals surface area contributed by atoms with Crippen LogP contribution in [0, 0.1) is 12.8 Å². The number of hydrogen-bond donors (Lipinski definition) is 1. The summed E-state index contributed by atoms with van der Waals surface area (Å²) in [6, 6.07) is 3.91. The zero-order valence-corrected chi connectivity index (χ0v) is 7.97. The molecule has 0 spiro atoms. The molecule has 1 aromatic rings. The molecular weight excluding hydrogens is 180 g/mol. The molecule has 0 radical (unpaired) electrons. The van der Waals surface area contributed by atoms with Crippen molar-refractivity contribution in [2.24, 2.45) is 5.92 Å². The number of aliphatic carboxylic acids is 1. The summed E-state index contributed by atoms with van der Waals surface area (Å²) in [5.74, 6) is -0.0698. The van der Waals surface area contributed by atoms with Crippen LogP contribution in [0.3, 0.4) is 0 Å². The highest BCUT2D eigenvalue weighted by Crippen LogP contribution is 2.22. The van der Waals surface area contributed by atoms with Gasteiger partial charge in [-0.2, -0.15) is 0 Å². The fraction of sp³-hybridized carbons (Fsp3) is 0.400. The van der Waals surface area contributed by atoms with Crippen LogP contribution in [0.15, 0.2) is 18.3 Å². The van der Waals surface area contributed by atoms with Crippen molar-refractivity contribution in [3.05, 3.63) is 23.9 Å². The lowest BCUT2D eigenvalue weighted by molar-refractivity contribution is -0.142. The molecule has 0 aromatic carbocycles. The molecule has 0 aliphatic carbocycles. The Morgan fingerprint density at radius 2 is 2.29 bits per heavy atom. The Bertz CT molecular complexity index is 342. The van der Waals surface area contributed by atoms with Crippen molar-refractivity contribution < 1.29 is 9.90 Å². The molecule has 1 N–H and O–H groups in total. The third-order valence-corrected chi connectivity index (χ3v) is 2.45. The molecule has 1 saturated heterocycles. The molecule has 4 heteroatoms. The monoisotopic (exact) mass is 192 g/mol. The molecule has 1 aromatic heterocycles. The zero-order chi connectivity index (χ0) is 10.1. The maximum atomic E-state index is 10.6. The number of nitrogens with zero attached hydrogens (tertiary/aromatic N) is 2. The Kier molecular flexibility index (Phi) is 2.11. The first kappa shape index (κ1) is 8.99. The summed E-state index contributed by atoms with van der Waals surface area (Å²) in [5.41, 5.74) is 1.11. The number of carbonyl (C=O) groups is 1. The van der Waals surface area contributed by atoms with Crippen LogP contribution in [0.5, 0.6) is 0 Å². The highest BCUT2D eigenvalue weighted by molar-refractivity contribution is 5.74. The minimum absolute atomic E-state index is 0.224. The lowest BCUT2D eigenvalue weighted by Gasteiger charge is -2.37. The van der Waals surface area contributed by atoms with Crippen LogP contribution >= 0.6 is 0 Å². The van der Waals surface area contributed by atoms with Crippen molar-refractivity contribution in [2.75, 3.05) is 18.0 Å². The molecule has 1 aliphatic heterocycles. The second-order valence-corrected chi connectivity index (χ2v) is 3.63. The van der Waals surface area contributed by atoms with E-state index in [0.29, 0.717) is 13.1 Å². The van der Waals surface area contributed by atoms with Gasteiger partial charge >= 0.3 is 5.97 Å². The molecular formula is C10H12N2O2. The minimum atomic E-state index is -0.714. The number of carboxylic acid groups (broad SMARTS) is 1. The molecule has 0 amide bonds. The lowest BCUT2D eigenvalue weighted by Crippen LogP contribution is -2.50. The van der Waals surface area contributed by atoms with Crippen molar-refractivity contribution in [2.45, 2.75) is 6.92 Å². The fourth-order valence-electron chi connectivity index (χ4n) is 1.47. The fourth-order valence-corrected chi connectivity index (χ4v) is 1.47. The van der Waals surface area contributed by atoms with E-state index < -0.39 is 5.97 Å². The first-order valence-electron chi connectivity index (χ1n) is 4.57. The van der Waals surface area contributed by atoms with Crippen LogP contribution in [-0.4, -0.2) is 29.1 Å². The highest BCUT2D eigenvalue weighted by atomic mass is 16.4. The summed E-state index contributed by atoms with van der Waals surface area (Å²) in [7, 11) is 0. The number of aryl methyl sites for hydroxylation is 1. The summed E-state index contributed by atoms with van der Waals surface area (Å²) in [6.45, 7) is 3.13. The second kappa shape index (κ2) is 3.29.